The van der Waals surface area contributed by atoms with Gasteiger partial charge >= 0.3 is 0 Å². The molecule has 0 saturated heterocycles. The normalized spacial score (nSPS) is 13.4. The van der Waals surface area contributed by atoms with Gasteiger partial charge in [0, 0.05) is 12.8 Å². The van der Waals surface area contributed by atoms with Crippen LogP contribution in [0.5, 0.6) is 0 Å². The van der Waals surface area contributed by atoms with Gasteiger partial charge in [-0.1, -0.05) is 6.92 Å². The molecule has 2 N–H and O–H groups in total. The molecule has 0 fully saturated rings. The second kappa shape index (κ2) is 3.48. The maximum absolute atomic E-state index is 9.00. The highest BCUT2D eigenvalue weighted by atomic mass is 16.3. The van der Waals surface area contributed by atoms with Crippen molar-refractivity contribution in [1.82, 2.24) is 15.2 Å². The fourth-order valence-corrected chi connectivity index (χ4v) is 0.868. The second-order valence-electron chi connectivity index (χ2n) is 2.63. The fourth-order valence-electron chi connectivity index (χ4n) is 0.868. The van der Waals surface area contributed by atoms with E-state index in [1.165, 1.54) is 0 Å². The van der Waals surface area contributed by atoms with Gasteiger partial charge in [-0.05, 0) is 6.92 Å². The average Bonchev–Trinajstić information content (AvgIpc) is 2.34. The van der Waals surface area contributed by atoms with Gasteiger partial charge in [-0.25, -0.2) is 0 Å². The van der Waals surface area contributed by atoms with Gasteiger partial charge in [0.05, 0.1) is 6.10 Å². The highest BCUT2D eigenvalue weighted by Gasteiger charge is 2.03. The van der Waals surface area contributed by atoms with Crippen molar-refractivity contribution < 1.29 is 5.11 Å². The highest BCUT2D eigenvalue weighted by Crippen LogP contribution is 1.97. The first kappa shape index (κ1) is 8.20. The van der Waals surface area contributed by atoms with Crippen LogP contribution in [0.2, 0.25) is 0 Å². The Labute approximate surface area is 65.7 Å². The Bertz CT molecular complexity index is 219. The number of aliphatic hydroxyl groups is 1. The molecule has 11 heavy (non-hydrogen) atoms. The molecular formula is C7H13N3O. The predicted molar refractivity (Wildman–Crippen MR) is 41.1 cm³/mol. The van der Waals surface area contributed by atoms with Gasteiger partial charge in [-0.3, -0.25) is 0 Å². The number of aryl methyl sites for hydroxylation is 1. The maximum atomic E-state index is 9.00. The highest BCUT2D eigenvalue weighted by molar-refractivity contribution is 4.90. The van der Waals surface area contributed by atoms with Crippen LogP contribution >= 0.6 is 0 Å². The van der Waals surface area contributed by atoms with Crippen LogP contribution in [-0.4, -0.2) is 26.4 Å². The molecule has 4 heteroatoms. The van der Waals surface area contributed by atoms with Gasteiger partial charge in [0.15, 0.2) is 0 Å². The minimum absolute atomic E-state index is 0.354. The fraction of sp³-hybridized carbons (Fsp3) is 0.714. The molecule has 1 atom stereocenters. The third-order valence-electron chi connectivity index (χ3n) is 1.40. The van der Waals surface area contributed by atoms with Crippen molar-refractivity contribution in [3.05, 3.63) is 11.6 Å². The first-order chi connectivity index (χ1) is 5.22. The van der Waals surface area contributed by atoms with E-state index in [9.17, 15) is 0 Å². The first-order valence-electron chi connectivity index (χ1n) is 3.81. The van der Waals surface area contributed by atoms with Crippen molar-refractivity contribution in [3.8, 4) is 0 Å². The number of nitrogens with one attached hydrogen (secondary N) is 1. The lowest BCUT2D eigenvalue weighted by molar-refractivity contribution is 0.193. The SMILES string of the molecule is CCc1nnc(CC(C)O)[nH]1. The van der Waals surface area contributed by atoms with Crippen molar-refractivity contribution in [3.63, 3.8) is 0 Å². The monoisotopic (exact) mass is 155 g/mol. The summed E-state index contributed by atoms with van der Waals surface area (Å²) in [7, 11) is 0. The molecule has 0 spiro atoms. The van der Waals surface area contributed by atoms with E-state index in [1.54, 1.807) is 6.92 Å². The molecule has 1 rings (SSSR count). The zero-order valence-electron chi connectivity index (χ0n) is 6.83. The van der Waals surface area contributed by atoms with Crippen molar-refractivity contribution in [1.29, 1.82) is 0 Å². The van der Waals surface area contributed by atoms with Crippen LogP contribution in [-0.2, 0) is 12.8 Å². The minimum Gasteiger partial charge on any atom is -0.393 e. The van der Waals surface area contributed by atoms with Gasteiger partial charge in [-0.15, -0.1) is 10.2 Å². The lowest BCUT2D eigenvalue weighted by Gasteiger charge is -1.97. The molecule has 1 aromatic heterocycles. The number of H-pyrrole nitrogens is 1. The summed E-state index contributed by atoms with van der Waals surface area (Å²) < 4.78 is 0. The van der Waals surface area contributed by atoms with E-state index >= 15 is 0 Å². The quantitative estimate of drug-likeness (QED) is 0.659. The summed E-state index contributed by atoms with van der Waals surface area (Å²) in [6.45, 7) is 3.74. The summed E-state index contributed by atoms with van der Waals surface area (Å²) in [4.78, 5) is 3.01. The third kappa shape index (κ3) is 2.31. The molecule has 0 radical (unpaired) electrons. The number of aliphatic hydroxyl groups excluding tert-OH is 1. The van der Waals surface area contributed by atoms with Crippen molar-refractivity contribution in [2.24, 2.45) is 0 Å². The summed E-state index contributed by atoms with van der Waals surface area (Å²) >= 11 is 0. The molecule has 0 aliphatic carbocycles. The molecular weight excluding hydrogens is 142 g/mol. The predicted octanol–water partition coefficient (Wildman–Crippen LogP) is 0.290. The van der Waals surface area contributed by atoms with Crippen LogP contribution in [0.25, 0.3) is 0 Å². The Morgan fingerprint density at radius 2 is 2.09 bits per heavy atom. The van der Waals surface area contributed by atoms with Gasteiger partial charge in [0.2, 0.25) is 0 Å². The smallest absolute Gasteiger partial charge is 0.132 e. The number of rotatable bonds is 3. The average molecular weight is 155 g/mol. The zero-order chi connectivity index (χ0) is 8.27. The van der Waals surface area contributed by atoms with Gasteiger partial charge < -0.3 is 10.1 Å². The van der Waals surface area contributed by atoms with E-state index in [4.69, 9.17) is 5.11 Å². The van der Waals surface area contributed by atoms with E-state index in [0.717, 1.165) is 18.1 Å². The zero-order valence-corrected chi connectivity index (χ0v) is 6.83. The number of aromatic amines is 1. The van der Waals surface area contributed by atoms with E-state index in [-0.39, 0.29) is 6.10 Å². The van der Waals surface area contributed by atoms with Crippen molar-refractivity contribution in [2.75, 3.05) is 0 Å². The van der Waals surface area contributed by atoms with Crippen LogP contribution in [0.4, 0.5) is 0 Å². The lowest BCUT2D eigenvalue weighted by Crippen LogP contribution is -2.05. The summed E-state index contributed by atoms with van der Waals surface area (Å²) in [5.74, 6) is 1.64. The van der Waals surface area contributed by atoms with Crippen LogP contribution in [0.15, 0.2) is 0 Å². The molecule has 1 unspecified atom stereocenters. The number of hydrogen-bond donors (Lipinski definition) is 2. The van der Waals surface area contributed by atoms with Gasteiger partial charge in [0.25, 0.3) is 0 Å². The Morgan fingerprint density at radius 1 is 1.45 bits per heavy atom. The molecule has 0 aliphatic heterocycles. The number of nitrogens with zero attached hydrogens (tertiary/aromatic N) is 2. The summed E-state index contributed by atoms with van der Waals surface area (Å²) in [6, 6.07) is 0. The Hall–Kier alpha value is -0.900. The van der Waals surface area contributed by atoms with Crippen LogP contribution in [0.3, 0.4) is 0 Å². The minimum atomic E-state index is -0.354. The standard InChI is InChI=1S/C7H13N3O/c1-3-6-8-7(10-9-6)4-5(2)11/h5,11H,3-4H2,1-2H3,(H,8,9,10). The van der Waals surface area contributed by atoms with Crippen molar-refractivity contribution in [2.45, 2.75) is 32.8 Å². The van der Waals surface area contributed by atoms with E-state index in [2.05, 4.69) is 15.2 Å². The maximum Gasteiger partial charge on any atom is 0.132 e. The Morgan fingerprint density at radius 3 is 2.55 bits per heavy atom. The topological polar surface area (TPSA) is 61.8 Å². The van der Waals surface area contributed by atoms with Gasteiger partial charge in [0.1, 0.15) is 11.6 Å². The summed E-state index contributed by atoms with van der Waals surface area (Å²) in [5.41, 5.74) is 0. The Balaban J connectivity index is 2.58. The van der Waals surface area contributed by atoms with Crippen LogP contribution < -0.4 is 0 Å². The first-order valence-corrected chi connectivity index (χ1v) is 3.81. The molecule has 0 saturated carbocycles. The summed E-state index contributed by atoms with van der Waals surface area (Å²) in [6.07, 6.45) is 1.05. The van der Waals surface area contributed by atoms with Crippen molar-refractivity contribution >= 4 is 0 Å². The molecule has 0 aliphatic rings. The number of aromatic nitrogens is 3. The molecule has 0 aromatic carbocycles. The molecule has 0 bridgehead atoms. The van der Waals surface area contributed by atoms with Crippen LogP contribution in [0, 0.1) is 0 Å². The lowest BCUT2D eigenvalue weighted by atomic mass is 10.3. The van der Waals surface area contributed by atoms with Crippen LogP contribution in [0.1, 0.15) is 25.5 Å². The number of hydrogen-bond acceptors (Lipinski definition) is 3. The molecule has 1 aromatic rings. The van der Waals surface area contributed by atoms with E-state index < -0.39 is 0 Å². The largest absolute Gasteiger partial charge is 0.393 e. The second-order valence-corrected chi connectivity index (χ2v) is 2.63. The summed E-state index contributed by atoms with van der Waals surface area (Å²) in [5, 5.41) is 16.7. The van der Waals surface area contributed by atoms with Gasteiger partial charge in [-0.2, -0.15) is 0 Å². The van der Waals surface area contributed by atoms with E-state index in [1.807, 2.05) is 6.92 Å². The van der Waals surface area contributed by atoms with E-state index in [0.29, 0.717) is 6.42 Å². The molecule has 4 nitrogen and oxygen atoms in total. The third-order valence-corrected chi connectivity index (χ3v) is 1.40. The molecule has 0 amide bonds. The Kier molecular flexibility index (Phi) is 2.59. The molecule has 62 valence electrons. The molecule has 1 heterocycles.